The number of aryl methyl sites for hydroxylation is 1. The SMILES string of the molecule is Cc1ccc(CC(CN)Cc2ccc(F)cc2Br)cc1. The van der Waals surface area contributed by atoms with Gasteiger partial charge >= 0.3 is 0 Å². The fraction of sp³-hybridized carbons (Fsp3) is 0.294. The Balaban J connectivity index is 2.07. The van der Waals surface area contributed by atoms with Gasteiger partial charge in [-0.05, 0) is 55.5 Å². The van der Waals surface area contributed by atoms with Crippen LogP contribution in [-0.2, 0) is 12.8 Å². The predicted molar refractivity (Wildman–Crippen MR) is 85.2 cm³/mol. The molecular formula is C17H19BrFN. The lowest BCUT2D eigenvalue weighted by molar-refractivity contribution is 0.531. The first-order valence-corrected chi connectivity index (χ1v) is 7.57. The third-order valence-corrected chi connectivity index (χ3v) is 4.24. The monoisotopic (exact) mass is 335 g/mol. The zero-order valence-electron chi connectivity index (χ0n) is 11.6. The summed E-state index contributed by atoms with van der Waals surface area (Å²) in [5.74, 6) is 0.142. The van der Waals surface area contributed by atoms with Crippen LogP contribution in [-0.4, -0.2) is 6.54 Å². The summed E-state index contributed by atoms with van der Waals surface area (Å²) < 4.78 is 13.9. The third kappa shape index (κ3) is 4.15. The molecule has 1 unspecified atom stereocenters. The molecule has 1 atom stereocenters. The summed E-state index contributed by atoms with van der Waals surface area (Å²) in [7, 11) is 0. The molecule has 0 radical (unpaired) electrons. The quantitative estimate of drug-likeness (QED) is 0.868. The van der Waals surface area contributed by atoms with E-state index >= 15 is 0 Å². The molecule has 0 amide bonds. The molecule has 2 aromatic rings. The van der Waals surface area contributed by atoms with E-state index < -0.39 is 0 Å². The van der Waals surface area contributed by atoms with Crippen LogP contribution in [0, 0.1) is 18.7 Å². The van der Waals surface area contributed by atoms with Crippen molar-refractivity contribution < 1.29 is 4.39 Å². The predicted octanol–water partition coefficient (Wildman–Crippen LogP) is 4.26. The molecule has 0 aromatic heterocycles. The summed E-state index contributed by atoms with van der Waals surface area (Å²) in [6.45, 7) is 2.71. The Morgan fingerprint density at radius 2 is 1.80 bits per heavy atom. The summed E-state index contributed by atoms with van der Waals surface area (Å²) in [4.78, 5) is 0. The van der Waals surface area contributed by atoms with Crippen LogP contribution in [0.3, 0.4) is 0 Å². The Morgan fingerprint density at radius 3 is 2.40 bits per heavy atom. The minimum atomic E-state index is -0.219. The molecule has 3 heteroatoms. The van der Waals surface area contributed by atoms with Gasteiger partial charge in [0.1, 0.15) is 5.82 Å². The van der Waals surface area contributed by atoms with Gasteiger partial charge in [0, 0.05) is 4.47 Å². The highest BCUT2D eigenvalue weighted by Crippen LogP contribution is 2.22. The van der Waals surface area contributed by atoms with Crippen molar-refractivity contribution in [2.45, 2.75) is 19.8 Å². The van der Waals surface area contributed by atoms with Gasteiger partial charge in [-0.1, -0.05) is 51.8 Å². The molecule has 0 aliphatic heterocycles. The molecule has 0 heterocycles. The number of hydrogen-bond donors (Lipinski definition) is 1. The largest absolute Gasteiger partial charge is 0.330 e. The van der Waals surface area contributed by atoms with Gasteiger partial charge in [-0.15, -0.1) is 0 Å². The topological polar surface area (TPSA) is 26.0 Å². The maximum Gasteiger partial charge on any atom is 0.124 e. The zero-order chi connectivity index (χ0) is 14.5. The molecule has 0 saturated carbocycles. The van der Waals surface area contributed by atoms with E-state index in [1.54, 1.807) is 0 Å². The van der Waals surface area contributed by atoms with Gasteiger partial charge < -0.3 is 5.73 Å². The lowest BCUT2D eigenvalue weighted by Crippen LogP contribution is -2.19. The summed E-state index contributed by atoms with van der Waals surface area (Å²) >= 11 is 3.42. The molecule has 0 bridgehead atoms. The molecule has 2 N–H and O–H groups in total. The van der Waals surface area contributed by atoms with Crippen molar-refractivity contribution >= 4 is 15.9 Å². The maximum absolute atomic E-state index is 13.1. The van der Waals surface area contributed by atoms with Crippen LogP contribution >= 0.6 is 15.9 Å². The van der Waals surface area contributed by atoms with Crippen molar-refractivity contribution in [2.24, 2.45) is 11.7 Å². The average Bonchev–Trinajstić information content (AvgIpc) is 2.43. The summed E-state index contributed by atoms with van der Waals surface area (Å²) in [5, 5.41) is 0. The molecule has 0 spiro atoms. The molecule has 2 rings (SSSR count). The first-order chi connectivity index (χ1) is 9.58. The van der Waals surface area contributed by atoms with E-state index in [1.165, 1.54) is 23.3 Å². The second-order valence-electron chi connectivity index (χ2n) is 5.23. The van der Waals surface area contributed by atoms with Gasteiger partial charge in [0.05, 0.1) is 0 Å². The van der Waals surface area contributed by atoms with E-state index in [2.05, 4.69) is 47.1 Å². The minimum absolute atomic E-state index is 0.219. The summed E-state index contributed by atoms with van der Waals surface area (Å²) in [6, 6.07) is 13.4. The normalized spacial score (nSPS) is 12.4. The van der Waals surface area contributed by atoms with Crippen LogP contribution in [0.15, 0.2) is 46.9 Å². The Morgan fingerprint density at radius 1 is 1.10 bits per heavy atom. The van der Waals surface area contributed by atoms with E-state index in [0.717, 1.165) is 22.9 Å². The second kappa shape index (κ2) is 7.00. The first-order valence-electron chi connectivity index (χ1n) is 6.78. The van der Waals surface area contributed by atoms with Crippen LogP contribution in [0.1, 0.15) is 16.7 Å². The number of benzene rings is 2. The van der Waals surface area contributed by atoms with Crippen LogP contribution in [0.25, 0.3) is 0 Å². The van der Waals surface area contributed by atoms with Crippen molar-refractivity contribution in [3.8, 4) is 0 Å². The van der Waals surface area contributed by atoms with Gasteiger partial charge in [0.2, 0.25) is 0 Å². The van der Waals surface area contributed by atoms with Crippen molar-refractivity contribution in [1.82, 2.24) is 0 Å². The fourth-order valence-corrected chi connectivity index (χ4v) is 2.81. The molecule has 0 aliphatic carbocycles. The van der Waals surface area contributed by atoms with E-state index in [1.807, 2.05) is 6.07 Å². The van der Waals surface area contributed by atoms with Gasteiger partial charge in [-0.2, -0.15) is 0 Å². The average molecular weight is 336 g/mol. The number of nitrogens with two attached hydrogens (primary N) is 1. The molecule has 20 heavy (non-hydrogen) atoms. The first kappa shape index (κ1) is 15.2. The van der Waals surface area contributed by atoms with Gasteiger partial charge in [0.15, 0.2) is 0 Å². The Hall–Kier alpha value is -1.19. The molecule has 0 fully saturated rings. The van der Waals surface area contributed by atoms with Crippen molar-refractivity contribution in [1.29, 1.82) is 0 Å². The number of rotatable bonds is 5. The highest BCUT2D eigenvalue weighted by Gasteiger charge is 2.11. The molecule has 0 saturated heterocycles. The second-order valence-corrected chi connectivity index (χ2v) is 6.09. The smallest absolute Gasteiger partial charge is 0.124 e. The molecular weight excluding hydrogens is 317 g/mol. The Bertz CT molecular complexity index is 566. The number of halogens is 2. The molecule has 1 nitrogen and oxygen atoms in total. The Labute approximate surface area is 128 Å². The van der Waals surface area contributed by atoms with Crippen molar-refractivity contribution in [3.05, 3.63) is 69.4 Å². The van der Waals surface area contributed by atoms with Crippen LogP contribution in [0.5, 0.6) is 0 Å². The highest BCUT2D eigenvalue weighted by molar-refractivity contribution is 9.10. The third-order valence-electron chi connectivity index (χ3n) is 3.50. The van der Waals surface area contributed by atoms with Crippen LogP contribution in [0.4, 0.5) is 4.39 Å². The van der Waals surface area contributed by atoms with Crippen LogP contribution in [0.2, 0.25) is 0 Å². The van der Waals surface area contributed by atoms with Gasteiger partial charge in [0.25, 0.3) is 0 Å². The Kier molecular flexibility index (Phi) is 5.32. The zero-order valence-corrected chi connectivity index (χ0v) is 13.2. The molecule has 0 aliphatic rings. The number of hydrogen-bond acceptors (Lipinski definition) is 1. The van der Waals surface area contributed by atoms with E-state index in [0.29, 0.717) is 12.5 Å². The summed E-state index contributed by atoms with van der Waals surface area (Å²) in [5.41, 5.74) is 9.55. The minimum Gasteiger partial charge on any atom is -0.330 e. The fourth-order valence-electron chi connectivity index (χ4n) is 2.29. The maximum atomic E-state index is 13.1. The lowest BCUT2D eigenvalue weighted by Gasteiger charge is -2.16. The molecule has 106 valence electrons. The van der Waals surface area contributed by atoms with Crippen molar-refractivity contribution in [3.63, 3.8) is 0 Å². The van der Waals surface area contributed by atoms with E-state index in [4.69, 9.17) is 5.73 Å². The molecule has 2 aromatic carbocycles. The van der Waals surface area contributed by atoms with Crippen LogP contribution < -0.4 is 5.73 Å². The van der Waals surface area contributed by atoms with Gasteiger partial charge in [-0.25, -0.2) is 4.39 Å². The van der Waals surface area contributed by atoms with Crippen molar-refractivity contribution in [2.75, 3.05) is 6.54 Å². The van der Waals surface area contributed by atoms with E-state index in [-0.39, 0.29) is 5.82 Å². The van der Waals surface area contributed by atoms with E-state index in [9.17, 15) is 4.39 Å². The standard InChI is InChI=1S/C17H19BrFN/c1-12-2-4-13(5-3-12)8-14(11-20)9-15-6-7-16(19)10-17(15)18/h2-7,10,14H,8-9,11,20H2,1H3. The lowest BCUT2D eigenvalue weighted by atomic mass is 9.92. The van der Waals surface area contributed by atoms with Gasteiger partial charge in [-0.3, -0.25) is 0 Å². The summed E-state index contributed by atoms with van der Waals surface area (Å²) in [6.07, 6.45) is 1.80. The highest BCUT2D eigenvalue weighted by atomic mass is 79.9.